The van der Waals surface area contributed by atoms with E-state index in [1.165, 1.54) is 12.1 Å². The largest absolute Gasteiger partial charge is 0.489 e. The average Bonchev–Trinajstić information content (AvgIpc) is 2.71. The van der Waals surface area contributed by atoms with E-state index in [-0.39, 0.29) is 11.9 Å². The summed E-state index contributed by atoms with van der Waals surface area (Å²) in [5.41, 5.74) is 2.80. The molecule has 1 saturated heterocycles. The van der Waals surface area contributed by atoms with E-state index in [9.17, 15) is 4.39 Å². The summed E-state index contributed by atoms with van der Waals surface area (Å²) in [6.07, 6.45) is 4.73. The molecule has 0 amide bonds. The Morgan fingerprint density at radius 3 is 2.75 bits per heavy atom. The topological polar surface area (TPSA) is 53.5 Å². The average molecular weight is 382 g/mol. The highest BCUT2D eigenvalue weighted by molar-refractivity contribution is 5.74. The number of fused-ring (bicyclic) bond motifs is 1. The van der Waals surface area contributed by atoms with Gasteiger partial charge in [0.05, 0.1) is 29.3 Å². The van der Waals surface area contributed by atoms with Gasteiger partial charge in [-0.1, -0.05) is 6.07 Å². The molecule has 4 rings (SSSR count). The second-order valence-electron chi connectivity index (χ2n) is 7.18. The molecule has 0 unspecified atom stereocenters. The molecule has 6 heteroatoms. The molecular weight excluding hydrogens is 359 g/mol. The molecule has 1 fully saturated rings. The minimum atomic E-state index is -0.559. The fourth-order valence-corrected chi connectivity index (χ4v) is 3.79. The zero-order chi connectivity index (χ0) is 19.6. The highest BCUT2D eigenvalue weighted by atomic mass is 19.1. The van der Waals surface area contributed by atoms with Gasteiger partial charge in [-0.05, 0) is 42.3 Å². The lowest BCUT2D eigenvalue weighted by molar-refractivity contribution is -0.122. The molecule has 0 saturated carbocycles. The van der Waals surface area contributed by atoms with E-state index in [1.54, 1.807) is 19.5 Å². The van der Waals surface area contributed by atoms with Gasteiger partial charge in [-0.15, -0.1) is 0 Å². The van der Waals surface area contributed by atoms with Gasteiger partial charge in [0.15, 0.2) is 0 Å². The van der Waals surface area contributed by atoms with Crippen molar-refractivity contribution in [1.82, 2.24) is 9.97 Å². The van der Waals surface area contributed by atoms with Gasteiger partial charge in [0, 0.05) is 38.4 Å². The molecule has 0 bridgehead atoms. The van der Waals surface area contributed by atoms with Crippen molar-refractivity contribution < 1.29 is 18.6 Å². The molecule has 0 N–H and O–H groups in total. The Morgan fingerprint density at radius 1 is 1.14 bits per heavy atom. The number of nitrogens with zero attached hydrogens (tertiary/aromatic N) is 2. The zero-order valence-corrected chi connectivity index (χ0v) is 16.0. The molecule has 0 radical (unpaired) electrons. The number of aromatic nitrogens is 2. The number of hydrogen-bond donors (Lipinski definition) is 0. The van der Waals surface area contributed by atoms with Crippen molar-refractivity contribution in [3.63, 3.8) is 0 Å². The second kappa shape index (κ2) is 7.81. The molecule has 0 aliphatic carbocycles. The maximum atomic E-state index is 14.3. The van der Waals surface area contributed by atoms with Gasteiger partial charge in [-0.3, -0.25) is 9.97 Å². The monoisotopic (exact) mass is 382 g/mol. The zero-order valence-electron chi connectivity index (χ0n) is 16.0. The maximum Gasteiger partial charge on any atom is 0.127 e. The van der Waals surface area contributed by atoms with Gasteiger partial charge < -0.3 is 14.2 Å². The first-order valence-electron chi connectivity index (χ1n) is 9.38. The van der Waals surface area contributed by atoms with Crippen LogP contribution in [-0.2, 0) is 21.7 Å². The van der Waals surface area contributed by atoms with Gasteiger partial charge in [0.1, 0.15) is 18.2 Å². The molecule has 146 valence electrons. The third-order valence-corrected chi connectivity index (χ3v) is 5.25. The highest BCUT2D eigenvalue weighted by Gasteiger charge is 2.38. The molecule has 28 heavy (non-hydrogen) atoms. The highest BCUT2D eigenvalue weighted by Crippen LogP contribution is 2.39. The van der Waals surface area contributed by atoms with Crippen molar-refractivity contribution in [1.29, 1.82) is 0 Å². The predicted molar refractivity (Wildman–Crippen MR) is 104 cm³/mol. The number of methoxy groups -OCH3 is 1. The summed E-state index contributed by atoms with van der Waals surface area (Å²) >= 11 is 0. The van der Waals surface area contributed by atoms with Crippen molar-refractivity contribution >= 4 is 11.0 Å². The van der Waals surface area contributed by atoms with Crippen LogP contribution in [0.4, 0.5) is 4.39 Å². The summed E-state index contributed by atoms with van der Waals surface area (Å²) in [6.45, 7) is 2.90. The minimum absolute atomic E-state index is 0.0556. The first kappa shape index (κ1) is 18.8. The van der Waals surface area contributed by atoms with Crippen LogP contribution in [0.5, 0.6) is 5.75 Å². The van der Waals surface area contributed by atoms with Gasteiger partial charge in [-0.25, -0.2) is 4.39 Å². The number of halogens is 1. The van der Waals surface area contributed by atoms with Gasteiger partial charge >= 0.3 is 0 Å². The molecule has 2 aromatic carbocycles. The van der Waals surface area contributed by atoms with E-state index in [0.29, 0.717) is 31.8 Å². The van der Waals surface area contributed by atoms with E-state index in [2.05, 4.69) is 9.97 Å². The van der Waals surface area contributed by atoms with Crippen molar-refractivity contribution in [2.75, 3.05) is 13.7 Å². The lowest BCUT2D eigenvalue weighted by Gasteiger charge is -2.39. The third-order valence-electron chi connectivity index (χ3n) is 5.25. The molecule has 1 aromatic heterocycles. The smallest absolute Gasteiger partial charge is 0.127 e. The van der Waals surface area contributed by atoms with Crippen LogP contribution in [-0.4, -0.2) is 29.8 Å². The van der Waals surface area contributed by atoms with Crippen LogP contribution < -0.4 is 4.74 Å². The fourth-order valence-electron chi connectivity index (χ4n) is 3.79. The van der Waals surface area contributed by atoms with E-state index >= 15 is 0 Å². The predicted octanol–water partition coefficient (Wildman–Crippen LogP) is 4.39. The van der Waals surface area contributed by atoms with Gasteiger partial charge in [0.25, 0.3) is 0 Å². The van der Waals surface area contributed by atoms with Crippen molar-refractivity contribution in [2.45, 2.75) is 38.1 Å². The lowest BCUT2D eigenvalue weighted by Crippen LogP contribution is -2.39. The molecule has 1 aliphatic heterocycles. The van der Waals surface area contributed by atoms with E-state index in [4.69, 9.17) is 14.2 Å². The number of hydrogen-bond acceptors (Lipinski definition) is 5. The van der Waals surface area contributed by atoms with Crippen molar-refractivity contribution in [3.8, 4) is 5.75 Å². The molecule has 3 aromatic rings. The summed E-state index contributed by atoms with van der Waals surface area (Å²) in [4.78, 5) is 8.57. The summed E-state index contributed by atoms with van der Waals surface area (Å²) in [5, 5.41) is 0. The van der Waals surface area contributed by atoms with Crippen LogP contribution >= 0.6 is 0 Å². The van der Waals surface area contributed by atoms with Crippen LogP contribution in [0.25, 0.3) is 11.0 Å². The molecule has 1 aliphatic rings. The van der Waals surface area contributed by atoms with Gasteiger partial charge in [0.2, 0.25) is 0 Å². The number of ether oxygens (including phenoxy) is 3. The molecule has 5 nitrogen and oxygen atoms in total. The second-order valence-corrected chi connectivity index (χ2v) is 7.18. The van der Waals surface area contributed by atoms with Crippen molar-refractivity contribution in [3.05, 3.63) is 65.7 Å². The van der Waals surface area contributed by atoms with Crippen LogP contribution in [0.2, 0.25) is 0 Å². The maximum absolute atomic E-state index is 14.3. The first-order chi connectivity index (χ1) is 13.6. The number of rotatable bonds is 5. The van der Waals surface area contributed by atoms with Crippen LogP contribution in [0.15, 0.2) is 48.8 Å². The fraction of sp³-hybridized carbons (Fsp3) is 0.364. The van der Waals surface area contributed by atoms with E-state index in [0.717, 1.165) is 22.2 Å². The Hall–Kier alpha value is -2.57. The SMILES string of the molecule is CO[C@]1(c2cc(F)cc(OCc3ccc4nccnc4c3)c2)CCO[C@H](C)C1. The lowest BCUT2D eigenvalue weighted by atomic mass is 9.83. The first-order valence-corrected chi connectivity index (χ1v) is 9.38. The molecule has 2 heterocycles. The number of benzene rings is 2. The Bertz CT molecular complexity index is 981. The molecular formula is C22H23FN2O3. The quantitative estimate of drug-likeness (QED) is 0.655. The summed E-state index contributed by atoms with van der Waals surface area (Å²) in [5.74, 6) is 0.136. The Balaban J connectivity index is 1.56. The van der Waals surface area contributed by atoms with Crippen molar-refractivity contribution in [2.24, 2.45) is 0 Å². The standard InChI is InChI=1S/C22H23FN2O3/c1-15-13-22(26-2,5-8-27-15)17-10-18(23)12-19(11-17)28-14-16-3-4-20-21(9-16)25-7-6-24-20/h3-4,6-7,9-12,15H,5,8,13-14H2,1-2H3/t15-,22-/m1/s1. The Kier molecular flexibility index (Phi) is 5.24. The van der Waals surface area contributed by atoms with E-state index < -0.39 is 5.60 Å². The minimum Gasteiger partial charge on any atom is -0.489 e. The molecule has 0 spiro atoms. The Morgan fingerprint density at radius 2 is 1.96 bits per heavy atom. The summed E-state index contributed by atoms with van der Waals surface area (Å²) < 4.78 is 31.7. The summed E-state index contributed by atoms with van der Waals surface area (Å²) in [6, 6.07) is 10.6. The normalized spacial score (nSPS) is 22.3. The molecule has 2 atom stereocenters. The van der Waals surface area contributed by atoms with E-state index in [1.807, 2.05) is 31.2 Å². The third kappa shape index (κ3) is 3.84. The Labute approximate surface area is 163 Å². The van der Waals surface area contributed by atoms with Gasteiger partial charge in [-0.2, -0.15) is 0 Å². The van der Waals surface area contributed by atoms with Crippen LogP contribution in [0.1, 0.15) is 30.9 Å². The van der Waals surface area contributed by atoms with Crippen LogP contribution in [0.3, 0.4) is 0 Å². The van der Waals surface area contributed by atoms with Crippen LogP contribution in [0, 0.1) is 5.82 Å². The summed E-state index contributed by atoms with van der Waals surface area (Å²) in [7, 11) is 1.67.